The first-order chi connectivity index (χ1) is 9.15. The van der Waals surface area contributed by atoms with Gasteiger partial charge in [0, 0.05) is 24.3 Å². The van der Waals surface area contributed by atoms with Crippen LogP contribution in [0.25, 0.3) is 0 Å². The molecule has 0 spiro atoms. The highest BCUT2D eigenvalue weighted by molar-refractivity contribution is 6.17. The van der Waals surface area contributed by atoms with Crippen molar-refractivity contribution < 1.29 is 0 Å². The van der Waals surface area contributed by atoms with Crippen LogP contribution in [0.5, 0.6) is 0 Å². The van der Waals surface area contributed by atoms with E-state index >= 15 is 0 Å². The summed E-state index contributed by atoms with van der Waals surface area (Å²) < 4.78 is 0. The number of rotatable bonds is 4. The molecule has 0 atom stereocenters. The molecule has 1 aromatic heterocycles. The van der Waals surface area contributed by atoms with Crippen LogP contribution in [0.3, 0.4) is 0 Å². The number of hydrogen-bond acceptors (Lipinski definition) is 2. The van der Waals surface area contributed by atoms with Crippen LogP contribution in [0.15, 0.2) is 6.07 Å². The Morgan fingerprint density at radius 3 is 2.58 bits per heavy atom. The summed E-state index contributed by atoms with van der Waals surface area (Å²) in [7, 11) is 0. The molecule has 0 aliphatic carbocycles. The molecule has 1 aliphatic heterocycles. The number of alkyl halides is 1. The topological polar surface area (TPSA) is 16.1 Å². The maximum absolute atomic E-state index is 6.12. The Morgan fingerprint density at radius 1 is 1.32 bits per heavy atom. The summed E-state index contributed by atoms with van der Waals surface area (Å²) in [5, 5.41) is 0. The fraction of sp³-hybridized carbons (Fsp3) is 0.688. The fourth-order valence-electron chi connectivity index (χ4n) is 3.11. The maximum atomic E-state index is 6.12. The molecular weight excluding hydrogens is 256 g/mol. The number of hydrogen-bond donors (Lipinski definition) is 0. The smallest absolute Gasteiger partial charge is 0.133 e. The average molecular weight is 281 g/mol. The van der Waals surface area contributed by atoms with Gasteiger partial charge in [-0.05, 0) is 44.2 Å². The van der Waals surface area contributed by atoms with Gasteiger partial charge in [0.05, 0.1) is 5.88 Å². The fourth-order valence-corrected chi connectivity index (χ4v) is 3.44. The van der Waals surface area contributed by atoms with Gasteiger partial charge in [0.15, 0.2) is 0 Å². The van der Waals surface area contributed by atoms with E-state index in [-0.39, 0.29) is 0 Å². The molecule has 0 amide bonds. The Hall–Kier alpha value is -0.760. The molecule has 0 bridgehead atoms. The van der Waals surface area contributed by atoms with Crippen molar-refractivity contribution in [3.05, 3.63) is 22.9 Å². The second kappa shape index (κ2) is 6.60. The monoisotopic (exact) mass is 280 g/mol. The van der Waals surface area contributed by atoms with Crippen LogP contribution in [0.2, 0.25) is 0 Å². The zero-order valence-corrected chi connectivity index (χ0v) is 13.1. The van der Waals surface area contributed by atoms with Gasteiger partial charge in [-0.3, -0.25) is 0 Å². The lowest BCUT2D eigenvalue weighted by Gasteiger charge is -2.34. The third-order valence-electron chi connectivity index (χ3n) is 4.20. The van der Waals surface area contributed by atoms with Gasteiger partial charge in [-0.15, -0.1) is 11.6 Å². The van der Waals surface area contributed by atoms with Gasteiger partial charge < -0.3 is 4.90 Å². The third kappa shape index (κ3) is 3.42. The molecule has 0 aromatic carbocycles. The van der Waals surface area contributed by atoms with Crippen molar-refractivity contribution >= 4 is 17.4 Å². The molecule has 3 heteroatoms. The number of piperidine rings is 1. The Balaban J connectivity index is 2.15. The maximum Gasteiger partial charge on any atom is 0.133 e. The molecule has 1 aliphatic rings. The van der Waals surface area contributed by atoms with E-state index in [1.165, 1.54) is 36.8 Å². The Morgan fingerprint density at radius 2 is 2.00 bits per heavy atom. The molecule has 0 N–H and O–H groups in total. The van der Waals surface area contributed by atoms with Crippen LogP contribution < -0.4 is 4.90 Å². The van der Waals surface area contributed by atoms with Crippen molar-refractivity contribution in [3.63, 3.8) is 0 Å². The van der Waals surface area contributed by atoms with Crippen LogP contribution in [-0.2, 0) is 5.88 Å². The minimum absolute atomic E-state index is 0.559. The second-order valence-corrected chi connectivity index (χ2v) is 6.00. The second-order valence-electron chi connectivity index (χ2n) is 5.74. The molecule has 19 heavy (non-hydrogen) atoms. The van der Waals surface area contributed by atoms with E-state index in [2.05, 4.69) is 31.7 Å². The molecule has 106 valence electrons. The molecule has 2 rings (SSSR count). The van der Waals surface area contributed by atoms with Crippen molar-refractivity contribution in [2.24, 2.45) is 5.92 Å². The SMILES string of the molecule is CCCC1CCN(c2nc(C)cc(C)c2CCl)CC1. The summed E-state index contributed by atoms with van der Waals surface area (Å²) in [5.74, 6) is 2.60. The van der Waals surface area contributed by atoms with Crippen LogP contribution >= 0.6 is 11.6 Å². The predicted molar refractivity (Wildman–Crippen MR) is 83.1 cm³/mol. The van der Waals surface area contributed by atoms with E-state index in [0.717, 1.165) is 30.5 Å². The molecule has 1 fully saturated rings. The molecule has 0 saturated carbocycles. The van der Waals surface area contributed by atoms with Crippen molar-refractivity contribution in [2.75, 3.05) is 18.0 Å². The molecule has 1 aromatic rings. The number of aryl methyl sites for hydroxylation is 2. The van der Waals surface area contributed by atoms with Crippen molar-refractivity contribution in [3.8, 4) is 0 Å². The minimum atomic E-state index is 0.559. The highest BCUT2D eigenvalue weighted by Crippen LogP contribution is 2.29. The molecular formula is C16H25ClN2. The van der Waals surface area contributed by atoms with E-state index < -0.39 is 0 Å². The number of anilines is 1. The predicted octanol–water partition coefficient (Wildman–Crippen LogP) is 4.45. The van der Waals surface area contributed by atoms with Crippen molar-refractivity contribution in [2.45, 2.75) is 52.3 Å². The molecule has 0 radical (unpaired) electrons. The van der Waals surface area contributed by atoms with Gasteiger partial charge in [0.1, 0.15) is 5.82 Å². The van der Waals surface area contributed by atoms with E-state index in [1.807, 2.05) is 0 Å². The number of nitrogens with zero attached hydrogens (tertiary/aromatic N) is 2. The largest absolute Gasteiger partial charge is 0.356 e. The van der Waals surface area contributed by atoms with Gasteiger partial charge in [-0.25, -0.2) is 4.98 Å². The lowest BCUT2D eigenvalue weighted by molar-refractivity contribution is 0.377. The van der Waals surface area contributed by atoms with Gasteiger partial charge in [-0.1, -0.05) is 19.8 Å². The summed E-state index contributed by atoms with van der Waals surface area (Å²) in [6.45, 7) is 8.75. The highest BCUT2D eigenvalue weighted by atomic mass is 35.5. The van der Waals surface area contributed by atoms with Gasteiger partial charge in [-0.2, -0.15) is 0 Å². The van der Waals surface area contributed by atoms with Gasteiger partial charge in [0.25, 0.3) is 0 Å². The number of pyridine rings is 1. The molecule has 2 heterocycles. The zero-order valence-electron chi connectivity index (χ0n) is 12.4. The molecule has 2 nitrogen and oxygen atoms in total. The number of halogens is 1. The van der Waals surface area contributed by atoms with Crippen LogP contribution in [-0.4, -0.2) is 18.1 Å². The minimum Gasteiger partial charge on any atom is -0.356 e. The van der Waals surface area contributed by atoms with E-state index in [1.54, 1.807) is 0 Å². The third-order valence-corrected chi connectivity index (χ3v) is 4.47. The number of aromatic nitrogens is 1. The van der Waals surface area contributed by atoms with Gasteiger partial charge in [0.2, 0.25) is 0 Å². The summed E-state index contributed by atoms with van der Waals surface area (Å²) in [6, 6.07) is 2.13. The highest BCUT2D eigenvalue weighted by Gasteiger charge is 2.22. The quantitative estimate of drug-likeness (QED) is 0.757. The molecule has 1 saturated heterocycles. The van der Waals surface area contributed by atoms with E-state index in [0.29, 0.717) is 5.88 Å². The summed E-state index contributed by atoms with van der Waals surface area (Å²) in [5.41, 5.74) is 3.58. The lowest BCUT2D eigenvalue weighted by Crippen LogP contribution is -2.35. The zero-order chi connectivity index (χ0) is 13.8. The van der Waals surface area contributed by atoms with Crippen LogP contribution in [0.1, 0.15) is 49.4 Å². The first-order valence-corrected chi connectivity index (χ1v) is 7.97. The summed E-state index contributed by atoms with van der Waals surface area (Å²) in [6.07, 6.45) is 5.27. The van der Waals surface area contributed by atoms with E-state index in [4.69, 9.17) is 16.6 Å². The standard InChI is InChI=1S/C16H25ClN2/c1-4-5-14-6-8-19(9-7-14)16-15(11-17)12(2)10-13(3)18-16/h10,14H,4-9,11H2,1-3H3. The first kappa shape index (κ1) is 14.6. The van der Waals surface area contributed by atoms with Crippen molar-refractivity contribution in [1.82, 2.24) is 4.98 Å². The molecule has 0 unspecified atom stereocenters. The average Bonchev–Trinajstić information content (AvgIpc) is 2.39. The Bertz CT molecular complexity index is 423. The lowest BCUT2D eigenvalue weighted by atomic mass is 9.92. The van der Waals surface area contributed by atoms with Gasteiger partial charge >= 0.3 is 0 Å². The van der Waals surface area contributed by atoms with Crippen molar-refractivity contribution in [1.29, 1.82) is 0 Å². The Labute approximate surface area is 122 Å². The summed E-state index contributed by atoms with van der Waals surface area (Å²) in [4.78, 5) is 7.18. The Kier molecular flexibility index (Phi) is 5.09. The normalized spacial score (nSPS) is 16.9. The summed E-state index contributed by atoms with van der Waals surface area (Å²) >= 11 is 6.12. The van der Waals surface area contributed by atoms with Crippen LogP contribution in [0.4, 0.5) is 5.82 Å². The van der Waals surface area contributed by atoms with E-state index in [9.17, 15) is 0 Å². The first-order valence-electron chi connectivity index (χ1n) is 7.43. The van der Waals surface area contributed by atoms with Crippen LogP contribution in [0, 0.1) is 19.8 Å².